The maximum atomic E-state index is 4.72. The van der Waals surface area contributed by atoms with Crippen LogP contribution in [0, 0.1) is 10.8 Å². The Morgan fingerprint density at radius 2 is 1.00 bits per heavy atom. The number of rotatable bonds is 7. The molecule has 2 nitrogen and oxygen atoms in total. The highest BCUT2D eigenvalue weighted by atomic mass is 14.8. The highest BCUT2D eigenvalue weighted by molar-refractivity contribution is 6.16. The van der Waals surface area contributed by atoms with Crippen molar-refractivity contribution in [2.75, 3.05) is 0 Å². The predicted octanol–water partition coefficient (Wildman–Crippen LogP) is 5.56. The van der Waals surface area contributed by atoms with Gasteiger partial charge in [0.2, 0.25) is 0 Å². The third-order valence-corrected chi connectivity index (χ3v) is 3.72. The number of hydrogen-bond acceptors (Lipinski definition) is 2. The van der Waals surface area contributed by atoms with Crippen LogP contribution in [0.5, 0.6) is 0 Å². The Hall–Kier alpha value is -0.660. The number of hydrogen-bond donors (Lipinski definition) is 0. The molecule has 0 saturated heterocycles. The predicted molar refractivity (Wildman–Crippen MR) is 93.3 cm³/mol. The molecule has 0 amide bonds. The summed E-state index contributed by atoms with van der Waals surface area (Å²) in [6, 6.07) is 0.774. The largest absolute Gasteiger partial charge is 0.288 e. The summed E-state index contributed by atoms with van der Waals surface area (Å²) in [7, 11) is 0. The van der Waals surface area contributed by atoms with Crippen LogP contribution in [0.3, 0.4) is 0 Å². The van der Waals surface area contributed by atoms with Crippen molar-refractivity contribution in [3.05, 3.63) is 0 Å². The van der Waals surface area contributed by atoms with E-state index in [1.807, 2.05) is 12.4 Å². The fourth-order valence-electron chi connectivity index (χ4n) is 2.29. The van der Waals surface area contributed by atoms with E-state index in [0.29, 0.717) is 12.1 Å². The van der Waals surface area contributed by atoms with Crippen LogP contribution < -0.4 is 0 Å². The second-order valence-corrected chi connectivity index (χ2v) is 7.94. The number of nitrogens with zero attached hydrogens (tertiary/aromatic N) is 2. The molecule has 0 fully saturated rings. The van der Waals surface area contributed by atoms with E-state index < -0.39 is 0 Å². The topological polar surface area (TPSA) is 24.7 Å². The molecule has 20 heavy (non-hydrogen) atoms. The zero-order chi connectivity index (χ0) is 15.8. The van der Waals surface area contributed by atoms with Gasteiger partial charge in [-0.15, -0.1) is 0 Å². The molecule has 0 aromatic rings. The summed E-state index contributed by atoms with van der Waals surface area (Å²) in [5.74, 6) is 0. The first kappa shape index (κ1) is 19.3. The molecule has 0 spiro atoms. The minimum Gasteiger partial charge on any atom is -0.288 e. The van der Waals surface area contributed by atoms with E-state index >= 15 is 0 Å². The Balaban J connectivity index is 4.69. The molecule has 2 heteroatoms. The summed E-state index contributed by atoms with van der Waals surface area (Å²) >= 11 is 0. The Kier molecular flexibility index (Phi) is 8.30. The van der Waals surface area contributed by atoms with Gasteiger partial charge < -0.3 is 0 Å². The van der Waals surface area contributed by atoms with Crippen LogP contribution in [0.15, 0.2) is 9.98 Å². The minimum absolute atomic E-state index is 0.229. The summed E-state index contributed by atoms with van der Waals surface area (Å²) in [5.41, 5.74) is 0.459. The Bertz CT molecular complexity index is 270. The van der Waals surface area contributed by atoms with Gasteiger partial charge in [-0.25, -0.2) is 0 Å². The van der Waals surface area contributed by atoms with Gasteiger partial charge in [0, 0.05) is 12.4 Å². The average molecular weight is 280 g/mol. The van der Waals surface area contributed by atoms with Gasteiger partial charge in [0.25, 0.3) is 0 Å². The highest BCUT2D eigenvalue weighted by Crippen LogP contribution is 2.26. The Morgan fingerprint density at radius 1 is 0.700 bits per heavy atom. The smallest absolute Gasteiger partial charge is 0.0548 e. The molecule has 118 valence electrons. The van der Waals surface area contributed by atoms with E-state index in [4.69, 9.17) is 9.98 Å². The first-order valence-electron chi connectivity index (χ1n) is 8.17. The molecule has 2 atom stereocenters. The van der Waals surface area contributed by atoms with E-state index in [-0.39, 0.29) is 10.8 Å². The lowest BCUT2D eigenvalue weighted by Crippen LogP contribution is -2.25. The minimum atomic E-state index is 0.229. The molecule has 0 aromatic heterocycles. The van der Waals surface area contributed by atoms with Crippen LogP contribution in [0.4, 0.5) is 0 Å². The van der Waals surface area contributed by atoms with Gasteiger partial charge in [-0.2, -0.15) is 0 Å². The van der Waals surface area contributed by atoms with E-state index in [1.165, 1.54) is 12.8 Å². The van der Waals surface area contributed by atoms with Crippen molar-refractivity contribution in [3.63, 3.8) is 0 Å². The molecule has 0 aromatic carbocycles. The fraction of sp³-hybridized carbons (Fsp3) is 0.889. The standard InChI is InChI=1S/C18H36N2/c1-9-11-15(17(3,4)5)19-13-14-20-16(12-10-2)18(6,7)8/h13-16H,9-12H2,1-8H3. The van der Waals surface area contributed by atoms with Crippen LogP contribution >= 0.6 is 0 Å². The van der Waals surface area contributed by atoms with E-state index in [2.05, 4.69) is 55.4 Å². The third kappa shape index (κ3) is 7.81. The molecule has 0 saturated carbocycles. The zero-order valence-corrected chi connectivity index (χ0v) is 15.0. The van der Waals surface area contributed by atoms with Gasteiger partial charge in [-0.05, 0) is 23.7 Å². The fourth-order valence-corrected chi connectivity index (χ4v) is 2.29. The van der Waals surface area contributed by atoms with Crippen molar-refractivity contribution in [3.8, 4) is 0 Å². The molecular weight excluding hydrogens is 244 g/mol. The zero-order valence-electron chi connectivity index (χ0n) is 15.0. The summed E-state index contributed by atoms with van der Waals surface area (Å²) in [5, 5.41) is 0. The molecule has 0 aliphatic rings. The van der Waals surface area contributed by atoms with E-state index in [0.717, 1.165) is 12.8 Å². The summed E-state index contributed by atoms with van der Waals surface area (Å²) in [6.07, 6.45) is 8.48. The first-order valence-corrected chi connectivity index (χ1v) is 8.17. The monoisotopic (exact) mass is 280 g/mol. The lowest BCUT2D eigenvalue weighted by Gasteiger charge is -2.27. The Labute approximate surface area is 127 Å². The maximum absolute atomic E-state index is 4.72. The van der Waals surface area contributed by atoms with Gasteiger partial charge in [0.15, 0.2) is 0 Å². The molecule has 2 unspecified atom stereocenters. The van der Waals surface area contributed by atoms with Crippen LogP contribution in [0.25, 0.3) is 0 Å². The van der Waals surface area contributed by atoms with Crippen molar-refractivity contribution in [2.24, 2.45) is 20.8 Å². The van der Waals surface area contributed by atoms with Crippen LogP contribution in [0.2, 0.25) is 0 Å². The lowest BCUT2D eigenvalue weighted by molar-refractivity contribution is 0.306. The molecule has 0 radical (unpaired) electrons. The van der Waals surface area contributed by atoms with Gasteiger partial charge in [-0.1, -0.05) is 68.2 Å². The van der Waals surface area contributed by atoms with Crippen LogP contribution in [-0.2, 0) is 0 Å². The first-order chi connectivity index (χ1) is 9.12. The van der Waals surface area contributed by atoms with E-state index in [1.54, 1.807) is 0 Å². The second kappa shape index (κ2) is 8.59. The van der Waals surface area contributed by atoms with E-state index in [9.17, 15) is 0 Å². The normalized spacial score (nSPS) is 17.0. The highest BCUT2D eigenvalue weighted by Gasteiger charge is 2.23. The van der Waals surface area contributed by atoms with Crippen molar-refractivity contribution < 1.29 is 0 Å². The quantitative estimate of drug-likeness (QED) is 0.546. The maximum Gasteiger partial charge on any atom is 0.0548 e. The summed E-state index contributed by atoms with van der Waals surface area (Å²) in [6.45, 7) is 18.0. The summed E-state index contributed by atoms with van der Waals surface area (Å²) < 4.78 is 0. The molecule has 0 N–H and O–H groups in total. The molecule has 0 rings (SSSR count). The molecular formula is C18H36N2. The van der Waals surface area contributed by atoms with Gasteiger partial charge >= 0.3 is 0 Å². The SMILES string of the molecule is CCCC(N=CC=NC(CCC)C(C)(C)C)C(C)(C)C. The molecule has 0 aliphatic heterocycles. The second-order valence-electron chi connectivity index (χ2n) is 7.94. The van der Waals surface area contributed by atoms with Crippen molar-refractivity contribution >= 4 is 12.4 Å². The van der Waals surface area contributed by atoms with Crippen molar-refractivity contribution in [2.45, 2.75) is 93.2 Å². The average Bonchev–Trinajstić information content (AvgIpc) is 2.28. The van der Waals surface area contributed by atoms with Gasteiger partial charge in [-0.3, -0.25) is 9.98 Å². The van der Waals surface area contributed by atoms with Gasteiger partial charge in [0.05, 0.1) is 12.1 Å². The molecule has 0 bridgehead atoms. The van der Waals surface area contributed by atoms with Crippen LogP contribution in [-0.4, -0.2) is 24.5 Å². The van der Waals surface area contributed by atoms with Crippen molar-refractivity contribution in [1.29, 1.82) is 0 Å². The Morgan fingerprint density at radius 3 is 1.20 bits per heavy atom. The molecule has 0 aliphatic carbocycles. The van der Waals surface area contributed by atoms with Gasteiger partial charge in [0.1, 0.15) is 0 Å². The van der Waals surface area contributed by atoms with Crippen LogP contribution in [0.1, 0.15) is 81.1 Å². The molecule has 0 heterocycles. The van der Waals surface area contributed by atoms with Crippen molar-refractivity contribution in [1.82, 2.24) is 0 Å². The third-order valence-electron chi connectivity index (χ3n) is 3.72. The number of aliphatic imine (C=N–C) groups is 2. The lowest BCUT2D eigenvalue weighted by atomic mass is 9.84. The summed E-state index contributed by atoms with van der Waals surface area (Å²) in [4.78, 5) is 9.45.